The summed E-state index contributed by atoms with van der Waals surface area (Å²) in [6.45, 7) is 1.98. The molecule has 0 fully saturated rings. The second-order valence-corrected chi connectivity index (χ2v) is 4.10. The molecule has 3 heteroatoms. The molecule has 0 radical (unpaired) electrons. The van der Waals surface area contributed by atoms with Crippen molar-refractivity contribution in [2.75, 3.05) is 0 Å². The topological polar surface area (TPSA) is 17.1 Å². The van der Waals surface area contributed by atoms with Gasteiger partial charge in [0.2, 0.25) is 5.24 Å². The SMILES string of the molecule is CCC(Cc1cccs1)C(=O)Cl. The molecule has 1 heterocycles. The number of thiophene rings is 1. The van der Waals surface area contributed by atoms with Gasteiger partial charge >= 0.3 is 0 Å². The first kappa shape index (κ1) is 9.75. The molecule has 1 atom stereocenters. The van der Waals surface area contributed by atoms with Crippen LogP contribution in [0.1, 0.15) is 18.2 Å². The molecule has 0 saturated heterocycles. The van der Waals surface area contributed by atoms with Crippen molar-refractivity contribution in [2.24, 2.45) is 5.92 Å². The maximum absolute atomic E-state index is 10.9. The standard InChI is InChI=1S/C9H11ClOS/c1-2-7(9(10)11)6-8-4-3-5-12-8/h3-5,7H,2,6H2,1H3. The van der Waals surface area contributed by atoms with Crippen LogP contribution in [0.25, 0.3) is 0 Å². The highest BCUT2D eigenvalue weighted by atomic mass is 35.5. The van der Waals surface area contributed by atoms with Crippen LogP contribution in [0, 0.1) is 5.92 Å². The summed E-state index contributed by atoms with van der Waals surface area (Å²) < 4.78 is 0. The number of rotatable bonds is 4. The van der Waals surface area contributed by atoms with Crippen molar-refractivity contribution in [1.29, 1.82) is 0 Å². The Morgan fingerprint density at radius 3 is 2.92 bits per heavy atom. The molecule has 0 saturated carbocycles. The molecular weight excluding hydrogens is 192 g/mol. The molecule has 1 aromatic heterocycles. The van der Waals surface area contributed by atoms with Crippen LogP contribution < -0.4 is 0 Å². The molecule has 0 aliphatic rings. The number of carbonyl (C=O) groups is 1. The number of hydrogen-bond donors (Lipinski definition) is 0. The first-order valence-electron chi connectivity index (χ1n) is 3.95. The lowest BCUT2D eigenvalue weighted by Crippen LogP contribution is -2.09. The summed E-state index contributed by atoms with van der Waals surface area (Å²) >= 11 is 7.10. The Bertz CT molecular complexity index is 243. The highest BCUT2D eigenvalue weighted by molar-refractivity contribution is 7.09. The van der Waals surface area contributed by atoms with Crippen LogP contribution in [0.15, 0.2) is 17.5 Å². The van der Waals surface area contributed by atoms with Gasteiger partial charge in [0.15, 0.2) is 0 Å². The lowest BCUT2D eigenvalue weighted by atomic mass is 10.0. The third-order valence-corrected chi connectivity index (χ3v) is 3.05. The molecule has 0 N–H and O–H groups in total. The zero-order valence-electron chi connectivity index (χ0n) is 6.92. The van der Waals surface area contributed by atoms with Gasteiger partial charge in [-0.25, -0.2) is 0 Å². The highest BCUT2D eigenvalue weighted by Crippen LogP contribution is 2.18. The van der Waals surface area contributed by atoms with Crippen molar-refractivity contribution in [3.63, 3.8) is 0 Å². The second-order valence-electron chi connectivity index (χ2n) is 2.69. The van der Waals surface area contributed by atoms with E-state index in [1.54, 1.807) is 11.3 Å². The molecule has 0 bridgehead atoms. The zero-order valence-corrected chi connectivity index (χ0v) is 8.49. The summed E-state index contributed by atoms with van der Waals surface area (Å²) in [7, 11) is 0. The molecule has 0 aliphatic carbocycles. The van der Waals surface area contributed by atoms with Crippen LogP contribution in [-0.2, 0) is 11.2 Å². The van der Waals surface area contributed by atoms with E-state index in [4.69, 9.17) is 11.6 Å². The summed E-state index contributed by atoms with van der Waals surface area (Å²) in [5, 5.41) is 1.80. The summed E-state index contributed by atoms with van der Waals surface area (Å²) in [6.07, 6.45) is 1.61. The van der Waals surface area contributed by atoms with Gasteiger partial charge in [-0.2, -0.15) is 0 Å². The molecule has 1 rings (SSSR count). The maximum Gasteiger partial charge on any atom is 0.225 e. The minimum Gasteiger partial charge on any atom is -0.281 e. The Morgan fingerprint density at radius 1 is 1.75 bits per heavy atom. The maximum atomic E-state index is 10.9. The average molecular weight is 203 g/mol. The monoisotopic (exact) mass is 202 g/mol. The number of hydrogen-bond acceptors (Lipinski definition) is 2. The van der Waals surface area contributed by atoms with Crippen molar-refractivity contribution >= 4 is 28.2 Å². The summed E-state index contributed by atoms with van der Waals surface area (Å²) in [5.41, 5.74) is 0. The minimum atomic E-state index is -0.217. The van der Waals surface area contributed by atoms with Gasteiger partial charge in [-0.15, -0.1) is 11.3 Å². The van der Waals surface area contributed by atoms with E-state index >= 15 is 0 Å². The Balaban J connectivity index is 2.54. The Hall–Kier alpha value is -0.340. The molecule has 0 spiro atoms. The predicted molar refractivity (Wildman–Crippen MR) is 52.7 cm³/mol. The quantitative estimate of drug-likeness (QED) is 0.686. The fraction of sp³-hybridized carbons (Fsp3) is 0.444. The zero-order chi connectivity index (χ0) is 8.97. The molecule has 0 amide bonds. The van der Waals surface area contributed by atoms with E-state index in [-0.39, 0.29) is 11.2 Å². The van der Waals surface area contributed by atoms with Crippen LogP contribution in [0.4, 0.5) is 0 Å². The van der Waals surface area contributed by atoms with Crippen LogP contribution in [0.3, 0.4) is 0 Å². The third-order valence-electron chi connectivity index (χ3n) is 1.84. The van der Waals surface area contributed by atoms with Gasteiger partial charge in [-0.3, -0.25) is 4.79 Å². The van der Waals surface area contributed by atoms with Crippen molar-refractivity contribution in [3.05, 3.63) is 22.4 Å². The summed E-state index contributed by atoms with van der Waals surface area (Å²) in [6, 6.07) is 4.03. The van der Waals surface area contributed by atoms with Crippen LogP contribution in [0.2, 0.25) is 0 Å². The summed E-state index contributed by atoms with van der Waals surface area (Å²) in [4.78, 5) is 12.1. The van der Waals surface area contributed by atoms with E-state index in [2.05, 4.69) is 0 Å². The van der Waals surface area contributed by atoms with Gasteiger partial charge in [-0.1, -0.05) is 13.0 Å². The van der Waals surface area contributed by atoms with E-state index in [1.807, 2.05) is 24.4 Å². The second kappa shape index (κ2) is 4.63. The molecular formula is C9H11ClOS. The lowest BCUT2D eigenvalue weighted by molar-refractivity contribution is -0.115. The normalized spacial score (nSPS) is 12.8. The third kappa shape index (κ3) is 2.61. The molecule has 1 nitrogen and oxygen atoms in total. The van der Waals surface area contributed by atoms with Crippen molar-refractivity contribution in [3.8, 4) is 0 Å². The first-order chi connectivity index (χ1) is 5.74. The van der Waals surface area contributed by atoms with Crippen LogP contribution in [0.5, 0.6) is 0 Å². The van der Waals surface area contributed by atoms with E-state index in [1.165, 1.54) is 4.88 Å². The number of carbonyl (C=O) groups excluding carboxylic acids is 1. The van der Waals surface area contributed by atoms with Crippen LogP contribution in [-0.4, -0.2) is 5.24 Å². The van der Waals surface area contributed by atoms with E-state index < -0.39 is 0 Å². The average Bonchev–Trinajstić information content (AvgIpc) is 2.51. The van der Waals surface area contributed by atoms with Crippen molar-refractivity contribution in [2.45, 2.75) is 19.8 Å². The number of halogens is 1. The van der Waals surface area contributed by atoms with Crippen molar-refractivity contribution < 1.29 is 4.79 Å². The lowest BCUT2D eigenvalue weighted by Gasteiger charge is -2.06. The van der Waals surface area contributed by atoms with E-state index in [9.17, 15) is 4.79 Å². The fourth-order valence-corrected chi connectivity index (χ4v) is 2.07. The van der Waals surface area contributed by atoms with Gasteiger partial charge in [0.05, 0.1) is 0 Å². The molecule has 12 heavy (non-hydrogen) atoms. The highest BCUT2D eigenvalue weighted by Gasteiger charge is 2.14. The molecule has 66 valence electrons. The Kier molecular flexibility index (Phi) is 3.76. The minimum absolute atomic E-state index is 0.00897. The summed E-state index contributed by atoms with van der Waals surface area (Å²) in [5.74, 6) is -0.00897. The molecule has 1 aromatic rings. The largest absolute Gasteiger partial charge is 0.281 e. The van der Waals surface area contributed by atoms with Gasteiger partial charge in [0.25, 0.3) is 0 Å². The first-order valence-corrected chi connectivity index (χ1v) is 5.21. The predicted octanol–water partition coefficient (Wildman–Crippen LogP) is 3.08. The van der Waals surface area contributed by atoms with Gasteiger partial charge in [0.1, 0.15) is 0 Å². The molecule has 0 aliphatic heterocycles. The van der Waals surface area contributed by atoms with Gasteiger partial charge < -0.3 is 0 Å². The fourth-order valence-electron chi connectivity index (χ4n) is 1.06. The van der Waals surface area contributed by atoms with Gasteiger partial charge in [0, 0.05) is 10.8 Å². The van der Waals surface area contributed by atoms with E-state index in [0.29, 0.717) is 0 Å². The van der Waals surface area contributed by atoms with Crippen LogP contribution >= 0.6 is 22.9 Å². The smallest absolute Gasteiger partial charge is 0.225 e. The van der Waals surface area contributed by atoms with Gasteiger partial charge in [-0.05, 0) is 35.9 Å². The molecule has 1 unspecified atom stereocenters. The Labute approximate surface area is 81.4 Å². The van der Waals surface area contributed by atoms with E-state index in [0.717, 1.165) is 12.8 Å². The Morgan fingerprint density at radius 2 is 2.50 bits per heavy atom. The molecule has 0 aromatic carbocycles. The van der Waals surface area contributed by atoms with Crippen molar-refractivity contribution in [1.82, 2.24) is 0 Å².